The number of halogens is 1. The number of hydrogen-bond acceptors (Lipinski definition) is 8. The summed E-state index contributed by atoms with van der Waals surface area (Å²) in [6, 6.07) is 8.59. The number of nitrogens with zero attached hydrogens (tertiary/aromatic N) is 4. The van der Waals surface area contributed by atoms with Gasteiger partial charge in [-0.15, -0.1) is 5.10 Å². The molecule has 13 heteroatoms. The Bertz CT molecular complexity index is 1310. The van der Waals surface area contributed by atoms with Gasteiger partial charge in [0.15, 0.2) is 11.5 Å². The molecule has 0 radical (unpaired) electrons. The number of methoxy groups -OCH3 is 1. The third-order valence-corrected chi connectivity index (χ3v) is 5.90. The van der Waals surface area contributed by atoms with Crippen molar-refractivity contribution in [2.75, 3.05) is 23.4 Å². The van der Waals surface area contributed by atoms with Crippen LogP contribution in [-0.2, 0) is 28.2 Å². The first-order valence-electron chi connectivity index (χ1n) is 10.2. The number of pyridine rings is 1. The maximum absolute atomic E-state index is 12.7. The average molecular weight is 509 g/mol. The maximum Gasteiger partial charge on any atom is 0.413 e. The van der Waals surface area contributed by atoms with Gasteiger partial charge in [-0.25, -0.2) is 22.9 Å². The number of ether oxygens (including phenoxy) is 2. The van der Waals surface area contributed by atoms with Gasteiger partial charge in [-0.3, -0.25) is 10.0 Å². The van der Waals surface area contributed by atoms with Gasteiger partial charge in [-0.2, -0.15) is 0 Å². The summed E-state index contributed by atoms with van der Waals surface area (Å²) in [5.74, 6) is 0.255. The van der Waals surface area contributed by atoms with E-state index in [-0.39, 0.29) is 23.1 Å². The SMILES string of the molecule is CCc1cccc([C@@H](C)OC(=O)Nc2c(-c3ccc(NS(C)(=O)=O)c(OC)n3)nnn2C)c1Cl. The van der Waals surface area contributed by atoms with Crippen LogP contribution in [0, 0.1) is 0 Å². The molecule has 2 heterocycles. The number of amides is 1. The predicted octanol–water partition coefficient (Wildman–Crippen LogP) is 3.78. The number of hydrogen-bond donors (Lipinski definition) is 2. The zero-order chi connectivity index (χ0) is 25.0. The number of nitrogens with one attached hydrogen (secondary N) is 2. The average Bonchev–Trinajstić information content (AvgIpc) is 3.13. The molecule has 0 unspecified atom stereocenters. The van der Waals surface area contributed by atoms with E-state index < -0.39 is 22.2 Å². The lowest BCUT2D eigenvalue weighted by molar-refractivity contribution is 0.121. The summed E-state index contributed by atoms with van der Waals surface area (Å²) < 4.78 is 37.5. The van der Waals surface area contributed by atoms with Gasteiger partial charge in [0.1, 0.15) is 11.8 Å². The number of sulfonamides is 1. The van der Waals surface area contributed by atoms with E-state index in [0.29, 0.717) is 16.3 Å². The van der Waals surface area contributed by atoms with Crippen LogP contribution in [0.1, 0.15) is 31.1 Å². The summed E-state index contributed by atoms with van der Waals surface area (Å²) in [6.07, 6.45) is 0.427. The van der Waals surface area contributed by atoms with E-state index in [0.717, 1.165) is 18.2 Å². The monoisotopic (exact) mass is 508 g/mol. The van der Waals surface area contributed by atoms with Gasteiger partial charge in [-0.1, -0.05) is 41.9 Å². The third-order valence-electron chi connectivity index (χ3n) is 4.85. The van der Waals surface area contributed by atoms with Crippen molar-refractivity contribution in [3.05, 3.63) is 46.5 Å². The Labute approximate surface area is 202 Å². The molecular weight excluding hydrogens is 484 g/mol. The lowest BCUT2D eigenvalue weighted by Gasteiger charge is -2.17. The van der Waals surface area contributed by atoms with Crippen LogP contribution in [0.2, 0.25) is 5.02 Å². The zero-order valence-electron chi connectivity index (χ0n) is 19.3. The van der Waals surface area contributed by atoms with Crippen LogP contribution in [0.25, 0.3) is 11.4 Å². The fourth-order valence-corrected chi connectivity index (χ4v) is 4.18. The van der Waals surface area contributed by atoms with E-state index in [2.05, 4.69) is 25.3 Å². The Morgan fingerprint density at radius 2 is 2.00 bits per heavy atom. The Morgan fingerprint density at radius 3 is 2.65 bits per heavy atom. The van der Waals surface area contributed by atoms with Crippen LogP contribution in [-0.4, -0.2) is 47.9 Å². The van der Waals surface area contributed by atoms with Crippen molar-refractivity contribution >= 4 is 39.2 Å². The second-order valence-electron chi connectivity index (χ2n) is 7.38. The van der Waals surface area contributed by atoms with Gasteiger partial charge < -0.3 is 9.47 Å². The zero-order valence-corrected chi connectivity index (χ0v) is 20.9. The molecule has 1 atom stereocenters. The Morgan fingerprint density at radius 1 is 1.26 bits per heavy atom. The highest BCUT2D eigenvalue weighted by atomic mass is 35.5. The second-order valence-corrected chi connectivity index (χ2v) is 9.51. The number of aryl methyl sites for hydroxylation is 2. The van der Waals surface area contributed by atoms with Crippen LogP contribution in [0.4, 0.5) is 16.3 Å². The largest absolute Gasteiger partial charge is 0.479 e. The van der Waals surface area contributed by atoms with Gasteiger partial charge >= 0.3 is 6.09 Å². The number of benzene rings is 1. The van der Waals surface area contributed by atoms with Crippen LogP contribution in [0.15, 0.2) is 30.3 Å². The number of anilines is 2. The minimum atomic E-state index is -3.53. The first-order chi connectivity index (χ1) is 16.0. The summed E-state index contributed by atoms with van der Waals surface area (Å²) in [6.45, 7) is 3.72. The van der Waals surface area contributed by atoms with Crippen molar-refractivity contribution in [1.29, 1.82) is 0 Å². The lowest BCUT2D eigenvalue weighted by Crippen LogP contribution is -2.18. The van der Waals surface area contributed by atoms with Crippen molar-refractivity contribution in [1.82, 2.24) is 20.0 Å². The van der Waals surface area contributed by atoms with Crippen LogP contribution < -0.4 is 14.8 Å². The molecular formula is C21H25ClN6O5S. The smallest absolute Gasteiger partial charge is 0.413 e. The predicted molar refractivity (Wildman–Crippen MR) is 129 cm³/mol. The topological polar surface area (TPSA) is 137 Å². The molecule has 0 bridgehead atoms. The molecule has 3 rings (SSSR count). The van der Waals surface area contributed by atoms with Gasteiger partial charge in [0.25, 0.3) is 0 Å². The number of carbonyl (C=O) groups is 1. The number of aromatic nitrogens is 4. The van der Waals surface area contributed by atoms with E-state index in [1.165, 1.54) is 23.9 Å². The molecule has 0 aliphatic carbocycles. The van der Waals surface area contributed by atoms with Gasteiger partial charge in [0.05, 0.1) is 24.1 Å². The molecule has 3 aromatic rings. The highest BCUT2D eigenvalue weighted by Gasteiger charge is 2.22. The third kappa shape index (κ3) is 5.75. The fraction of sp³-hybridized carbons (Fsp3) is 0.333. The normalized spacial score (nSPS) is 12.2. The molecule has 34 heavy (non-hydrogen) atoms. The first kappa shape index (κ1) is 25.2. The molecule has 0 spiro atoms. The molecule has 2 N–H and O–H groups in total. The highest BCUT2D eigenvalue weighted by molar-refractivity contribution is 7.92. The lowest BCUT2D eigenvalue weighted by atomic mass is 10.1. The fourth-order valence-electron chi connectivity index (χ4n) is 3.21. The Balaban J connectivity index is 1.83. The standard InChI is InChI=1S/C21H25ClN6O5S/c1-6-13-8-7-9-14(17(13)22)12(2)33-21(29)24-19-18(25-27-28(19)3)15-10-11-16(20(23-15)32-4)26-34(5,30)31/h7-12,26H,6H2,1-5H3,(H,24,29)/t12-/m1/s1. The van der Waals surface area contributed by atoms with E-state index in [1.54, 1.807) is 20.0 Å². The van der Waals surface area contributed by atoms with Gasteiger partial charge in [-0.05, 0) is 31.0 Å². The summed E-state index contributed by atoms with van der Waals surface area (Å²) in [7, 11) is -0.589. The van der Waals surface area contributed by atoms with E-state index in [9.17, 15) is 13.2 Å². The van der Waals surface area contributed by atoms with Crippen LogP contribution >= 0.6 is 11.6 Å². The van der Waals surface area contributed by atoms with Crippen molar-refractivity contribution < 1.29 is 22.7 Å². The van der Waals surface area contributed by atoms with E-state index in [1.807, 2.05) is 19.1 Å². The molecule has 1 amide bonds. The molecule has 1 aromatic carbocycles. The van der Waals surface area contributed by atoms with E-state index in [4.69, 9.17) is 21.1 Å². The molecule has 0 aliphatic rings. The molecule has 0 saturated carbocycles. The minimum Gasteiger partial charge on any atom is -0.479 e. The van der Waals surface area contributed by atoms with Gasteiger partial charge in [0.2, 0.25) is 15.9 Å². The second kappa shape index (κ2) is 10.3. The Kier molecular flexibility index (Phi) is 7.62. The number of carbonyl (C=O) groups excluding carboxylic acids is 1. The summed E-state index contributed by atoms with van der Waals surface area (Å²) in [5.41, 5.74) is 2.35. The Hall–Kier alpha value is -3.38. The van der Waals surface area contributed by atoms with E-state index >= 15 is 0 Å². The van der Waals surface area contributed by atoms with Gasteiger partial charge in [0, 0.05) is 12.6 Å². The maximum atomic E-state index is 12.7. The first-order valence-corrected chi connectivity index (χ1v) is 12.5. The number of rotatable bonds is 8. The minimum absolute atomic E-state index is 0.0289. The van der Waals surface area contributed by atoms with Crippen molar-refractivity contribution in [3.8, 4) is 17.3 Å². The summed E-state index contributed by atoms with van der Waals surface area (Å²) in [4.78, 5) is 17.0. The van der Waals surface area contributed by atoms with Crippen molar-refractivity contribution in [2.45, 2.75) is 26.4 Å². The highest BCUT2D eigenvalue weighted by Crippen LogP contribution is 2.31. The summed E-state index contributed by atoms with van der Waals surface area (Å²) >= 11 is 6.44. The van der Waals surface area contributed by atoms with Crippen LogP contribution in [0.3, 0.4) is 0 Å². The molecule has 0 saturated heterocycles. The molecule has 2 aromatic heterocycles. The van der Waals surface area contributed by atoms with Crippen molar-refractivity contribution in [2.24, 2.45) is 7.05 Å². The molecule has 11 nitrogen and oxygen atoms in total. The quantitative estimate of drug-likeness (QED) is 0.469. The van der Waals surface area contributed by atoms with Crippen molar-refractivity contribution in [3.63, 3.8) is 0 Å². The molecule has 0 fully saturated rings. The molecule has 182 valence electrons. The molecule has 0 aliphatic heterocycles. The van der Waals surface area contributed by atoms with Crippen LogP contribution in [0.5, 0.6) is 5.88 Å². The summed E-state index contributed by atoms with van der Waals surface area (Å²) in [5, 5.41) is 11.2.